The maximum absolute atomic E-state index is 10.7. The molecule has 9 heteroatoms. The molecule has 0 spiro atoms. The molecule has 8 nitrogen and oxygen atoms in total. The van der Waals surface area contributed by atoms with E-state index in [0.717, 1.165) is 26.8 Å². The topological polar surface area (TPSA) is 136 Å². The van der Waals surface area contributed by atoms with Crippen LogP contribution in [0.4, 0.5) is 11.6 Å². The van der Waals surface area contributed by atoms with Gasteiger partial charge in [-0.15, -0.1) is 11.8 Å². The van der Waals surface area contributed by atoms with Gasteiger partial charge < -0.3 is 26.2 Å². The number of aliphatic hydroxyl groups is 2. The van der Waals surface area contributed by atoms with Crippen molar-refractivity contribution in [3.63, 3.8) is 0 Å². The molecule has 3 heterocycles. The maximum atomic E-state index is 10.7. The first-order valence-corrected chi connectivity index (χ1v) is 10.4. The fraction of sp³-hybridized carbons (Fsp3) is 0.190. The van der Waals surface area contributed by atoms with E-state index < -0.39 is 18.2 Å². The molecule has 0 saturated carbocycles. The second-order valence-corrected chi connectivity index (χ2v) is 8.31. The number of anilines is 2. The molecule has 1 aliphatic rings. The predicted octanol–water partition coefficient (Wildman–Crippen LogP) is 2.14. The summed E-state index contributed by atoms with van der Waals surface area (Å²) < 4.78 is 1.82. The molecule has 6 N–H and O–H groups in total. The summed E-state index contributed by atoms with van der Waals surface area (Å²) in [6, 6.07) is 11.1. The Morgan fingerprint density at radius 3 is 2.77 bits per heavy atom. The van der Waals surface area contributed by atoms with Crippen LogP contribution in [0.1, 0.15) is 6.04 Å². The lowest BCUT2D eigenvalue weighted by Crippen LogP contribution is -2.29. The quantitative estimate of drug-likeness (QED) is 0.291. The summed E-state index contributed by atoms with van der Waals surface area (Å²) in [5, 5.41) is 23.0. The fourth-order valence-electron chi connectivity index (χ4n) is 3.80. The summed E-state index contributed by atoms with van der Waals surface area (Å²) in [4.78, 5) is 13.7. The van der Waals surface area contributed by atoms with E-state index in [1.54, 1.807) is 17.8 Å². The van der Waals surface area contributed by atoms with E-state index in [4.69, 9.17) is 11.5 Å². The van der Waals surface area contributed by atoms with Gasteiger partial charge in [0, 0.05) is 22.2 Å². The Hall–Kier alpha value is -3.14. The first kappa shape index (κ1) is 18.9. The lowest BCUT2D eigenvalue weighted by atomic mass is 10.1. The fourth-order valence-corrected chi connectivity index (χ4v) is 4.76. The molecule has 3 aromatic heterocycles. The highest BCUT2D eigenvalue weighted by molar-refractivity contribution is 7.99. The molecular weight excluding hydrogens is 400 g/mol. The van der Waals surface area contributed by atoms with Crippen molar-refractivity contribution in [2.75, 3.05) is 17.2 Å². The number of benzene rings is 1. The third kappa shape index (κ3) is 3.17. The SMILES string of the molecule is Nc1ccc2ccc(SCC3=C[C@@H](n4ccc5c(N)ncnc54)[C@H](O)[C@@H]3O)cc2n1. The van der Waals surface area contributed by atoms with Gasteiger partial charge in [0.25, 0.3) is 0 Å². The summed E-state index contributed by atoms with van der Waals surface area (Å²) in [6.07, 6.45) is 3.19. The zero-order chi connectivity index (χ0) is 20.8. The number of pyridine rings is 1. The van der Waals surface area contributed by atoms with Gasteiger partial charge in [-0.25, -0.2) is 15.0 Å². The zero-order valence-electron chi connectivity index (χ0n) is 15.9. The van der Waals surface area contributed by atoms with Crippen LogP contribution in [0.2, 0.25) is 0 Å². The lowest BCUT2D eigenvalue weighted by Gasteiger charge is -2.19. The van der Waals surface area contributed by atoms with Crippen molar-refractivity contribution < 1.29 is 10.2 Å². The average molecular weight is 420 g/mol. The third-order valence-electron chi connectivity index (χ3n) is 5.39. The van der Waals surface area contributed by atoms with E-state index in [-0.39, 0.29) is 0 Å². The van der Waals surface area contributed by atoms with Gasteiger partial charge in [0.05, 0.1) is 16.9 Å². The highest BCUT2D eigenvalue weighted by Crippen LogP contribution is 2.35. The van der Waals surface area contributed by atoms with Gasteiger partial charge in [-0.1, -0.05) is 12.1 Å². The summed E-state index contributed by atoms with van der Waals surface area (Å²) >= 11 is 1.57. The first-order valence-electron chi connectivity index (χ1n) is 9.44. The number of aliphatic hydroxyl groups excluding tert-OH is 2. The molecule has 5 rings (SSSR count). The van der Waals surface area contributed by atoms with Crippen LogP contribution in [-0.4, -0.2) is 47.7 Å². The van der Waals surface area contributed by atoms with Gasteiger partial charge in [-0.3, -0.25) is 0 Å². The van der Waals surface area contributed by atoms with Gasteiger partial charge in [-0.2, -0.15) is 0 Å². The molecule has 0 aliphatic heterocycles. The van der Waals surface area contributed by atoms with E-state index in [1.807, 2.05) is 47.2 Å². The molecule has 0 saturated heterocycles. The van der Waals surface area contributed by atoms with Crippen LogP contribution >= 0.6 is 11.8 Å². The van der Waals surface area contributed by atoms with Crippen molar-refractivity contribution in [3.8, 4) is 0 Å². The van der Waals surface area contributed by atoms with Crippen LogP contribution in [0, 0.1) is 0 Å². The van der Waals surface area contributed by atoms with E-state index in [0.29, 0.717) is 23.0 Å². The predicted molar refractivity (Wildman–Crippen MR) is 118 cm³/mol. The molecule has 0 radical (unpaired) electrons. The number of fused-ring (bicyclic) bond motifs is 2. The van der Waals surface area contributed by atoms with E-state index in [9.17, 15) is 10.2 Å². The Bertz CT molecular complexity index is 1290. The molecule has 152 valence electrons. The summed E-state index contributed by atoms with van der Waals surface area (Å²) in [7, 11) is 0. The zero-order valence-corrected chi connectivity index (χ0v) is 16.7. The number of nitrogens with two attached hydrogens (primary N) is 2. The Kier molecular flexibility index (Phi) is 4.58. The van der Waals surface area contributed by atoms with Crippen LogP contribution in [0.3, 0.4) is 0 Å². The number of nitrogen functional groups attached to an aromatic ring is 2. The van der Waals surface area contributed by atoms with Crippen LogP contribution in [0.5, 0.6) is 0 Å². The summed E-state index contributed by atoms with van der Waals surface area (Å²) in [5.74, 6) is 1.41. The number of aromatic nitrogens is 4. The monoisotopic (exact) mass is 420 g/mol. The van der Waals surface area contributed by atoms with Crippen molar-refractivity contribution in [1.82, 2.24) is 19.5 Å². The largest absolute Gasteiger partial charge is 0.388 e. The first-order chi connectivity index (χ1) is 14.5. The Morgan fingerprint density at radius 2 is 1.90 bits per heavy atom. The second kappa shape index (κ2) is 7.28. The minimum absolute atomic E-state index is 0.386. The molecule has 0 unspecified atom stereocenters. The molecule has 3 atom stereocenters. The Balaban J connectivity index is 1.40. The average Bonchev–Trinajstić information content (AvgIpc) is 3.29. The highest BCUT2D eigenvalue weighted by Gasteiger charge is 2.36. The van der Waals surface area contributed by atoms with E-state index in [2.05, 4.69) is 15.0 Å². The van der Waals surface area contributed by atoms with Crippen LogP contribution < -0.4 is 11.5 Å². The molecule has 0 fully saturated rings. The second-order valence-electron chi connectivity index (χ2n) is 7.27. The minimum Gasteiger partial charge on any atom is -0.388 e. The molecule has 0 bridgehead atoms. The number of hydrogen-bond donors (Lipinski definition) is 4. The summed E-state index contributed by atoms with van der Waals surface area (Å²) in [6.45, 7) is 0. The van der Waals surface area contributed by atoms with Crippen molar-refractivity contribution >= 4 is 45.3 Å². The van der Waals surface area contributed by atoms with Crippen molar-refractivity contribution in [3.05, 3.63) is 60.6 Å². The molecule has 4 aromatic rings. The number of rotatable bonds is 4. The normalized spacial score (nSPS) is 21.4. The van der Waals surface area contributed by atoms with Gasteiger partial charge in [-0.05, 0) is 35.9 Å². The van der Waals surface area contributed by atoms with Gasteiger partial charge in [0.1, 0.15) is 35.8 Å². The minimum atomic E-state index is -0.967. The molecule has 1 aromatic carbocycles. The van der Waals surface area contributed by atoms with Crippen LogP contribution in [0.15, 0.2) is 65.5 Å². The number of nitrogens with zero attached hydrogens (tertiary/aromatic N) is 4. The van der Waals surface area contributed by atoms with Crippen LogP contribution in [0.25, 0.3) is 21.9 Å². The smallest absolute Gasteiger partial charge is 0.146 e. The Labute approximate surface area is 176 Å². The highest BCUT2D eigenvalue weighted by atomic mass is 32.2. The Morgan fingerprint density at radius 1 is 1.07 bits per heavy atom. The lowest BCUT2D eigenvalue weighted by molar-refractivity contribution is 0.0332. The molecule has 0 amide bonds. The van der Waals surface area contributed by atoms with Gasteiger partial charge >= 0.3 is 0 Å². The standard InChI is InChI=1S/C21H20N6O2S/c22-17-4-2-11-1-3-13(8-15(11)26-17)30-9-12-7-16(19(29)18(12)28)27-6-5-14-20(23)24-10-25-21(14)27/h1-8,10,16,18-19,28-29H,9H2,(H2,22,26)(H2,23,24,25)/t16-,18-,19+/m1/s1. The molecule has 30 heavy (non-hydrogen) atoms. The maximum Gasteiger partial charge on any atom is 0.146 e. The van der Waals surface area contributed by atoms with Crippen molar-refractivity contribution in [2.45, 2.75) is 23.1 Å². The summed E-state index contributed by atoms with van der Waals surface area (Å²) in [5.41, 5.74) is 13.9. The third-order valence-corrected chi connectivity index (χ3v) is 6.45. The van der Waals surface area contributed by atoms with E-state index >= 15 is 0 Å². The number of thioether (sulfide) groups is 1. The van der Waals surface area contributed by atoms with Crippen LogP contribution in [-0.2, 0) is 0 Å². The molecular formula is C21H20N6O2S. The van der Waals surface area contributed by atoms with Gasteiger partial charge in [0.15, 0.2) is 0 Å². The molecule has 1 aliphatic carbocycles. The van der Waals surface area contributed by atoms with E-state index in [1.165, 1.54) is 6.33 Å². The van der Waals surface area contributed by atoms with Crippen molar-refractivity contribution in [2.24, 2.45) is 0 Å². The number of hydrogen-bond acceptors (Lipinski definition) is 8. The van der Waals surface area contributed by atoms with Gasteiger partial charge in [0.2, 0.25) is 0 Å². The van der Waals surface area contributed by atoms with Crippen molar-refractivity contribution in [1.29, 1.82) is 0 Å².